The Balaban J connectivity index is 1.85. The van der Waals surface area contributed by atoms with Crippen molar-refractivity contribution in [2.24, 2.45) is 0 Å². The van der Waals surface area contributed by atoms with Crippen molar-refractivity contribution in [1.29, 1.82) is 0 Å². The summed E-state index contributed by atoms with van der Waals surface area (Å²) in [5.74, 6) is -0.340. The minimum absolute atomic E-state index is 0.138. The third kappa shape index (κ3) is 6.07. The van der Waals surface area contributed by atoms with Crippen LogP contribution in [0.1, 0.15) is 46.4 Å². The predicted octanol–water partition coefficient (Wildman–Crippen LogP) is 5.12. The van der Waals surface area contributed by atoms with Crippen LogP contribution in [0.2, 0.25) is 0 Å². The SMILES string of the molecule is CCOc1cc2c(c(OC)c1OC)-c1ccc(SC)c(=O)cc1[C@@H](NC(=O)c1cccc(CO[N+](=O)[O-])c1F)CC2. The van der Waals surface area contributed by atoms with Gasteiger partial charge in [0.25, 0.3) is 11.0 Å². The number of carbonyl (C=O) groups is 1. The number of benzene rings is 2. The first-order chi connectivity index (χ1) is 19.7. The molecule has 1 aliphatic carbocycles. The Morgan fingerprint density at radius 3 is 2.59 bits per heavy atom. The lowest BCUT2D eigenvalue weighted by molar-refractivity contribution is -0.763. The van der Waals surface area contributed by atoms with Crippen LogP contribution in [-0.2, 0) is 17.9 Å². The number of amides is 1. The number of thioether (sulfide) groups is 1. The van der Waals surface area contributed by atoms with E-state index in [1.54, 1.807) is 12.3 Å². The highest BCUT2D eigenvalue weighted by molar-refractivity contribution is 7.98. The number of aryl methyl sites for hydroxylation is 1. The fourth-order valence-corrected chi connectivity index (χ4v) is 5.42. The van der Waals surface area contributed by atoms with Crippen molar-refractivity contribution in [2.75, 3.05) is 27.1 Å². The summed E-state index contributed by atoms with van der Waals surface area (Å²) >= 11 is 1.30. The van der Waals surface area contributed by atoms with E-state index in [2.05, 4.69) is 10.2 Å². The number of ether oxygens (including phenoxy) is 3. The van der Waals surface area contributed by atoms with Crippen LogP contribution in [0.5, 0.6) is 17.2 Å². The van der Waals surface area contributed by atoms with Crippen molar-refractivity contribution in [3.63, 3.8) is 0 Å². The maximum Gasteiger partial charge on any atom is 0.294 e. The van der Waals surface area contributed by atoms with Gasteiger partial charge in [0.1, 0.15) is 12.4 Å². The number of methoxy groups -OCH3 is 2. The smallest absolute Gasteiger partial charge is 0.294 e. The molecule has 0 aliphatic heterocycles. The normalized spacial score (nSPS) is 13.7. The second kappa shape index (κ2) is 12.9. The molecule has 0 saturated carbocycles. The summed E-state index contributed by atoms with van der Waals surface area (Å²) in [6, 6.07) is 10.2. The predicted molar refractivity (Wildman–Crippen MR) is 151 cm³/mol. The molecule has 0 saturated heterocycles. The molecule has 3 aromatic carbocycles. The minimum Gasteiger partial charge on any atom is -0.492 e. The van der Waals surface area contributed by atoms with Gasteiger partial charge in [-0.3, -0.25) is 9.59 Å². The summed E-state index contributed by atoms with van der Waals surface area (Å²) in [7, 11) is 3.03. The Hall–Kier alpha value is -4.32. The first-order valence-electron chi connectivity index (χ1n) is 12.7. The van der Waals surface area contributed by atoms with Crippen molar-refractivity contribution in [3.05, 3.63) is 90.9 Å². The van der Waals surface area contributed by atoms with Crippen molar-refractivity contribution in [1.82, 2.24) is 5.32 Å². The molecule has 0 spiro atoms. The fourth-order valence-electron chi connectivity index (χ4n) is 4.95. The molecule has 0 radical (unpaired) electrons. The van der Waals surface area contributed by atoms with E-state index in [0.29, 0.717) is 58.3 Å². The van der Waals surface area contributed by atoms with Crippen molar-refractivity contribution < 1.29 is 33.3 Å². The van der Waals surface area contributed by atoms with Gasteiger partial charge in [-0.15, -0.1) is 21.9 Å². The van der Waals surface area contributed by atoms with Gasteiger partial charge in [-0.05, 0) is 67.0 Å². The van der Waals surface area contributed by atoms with E-state index in [9.17, 15) is 19.7 Å². The van der Waals surface area contributed by atoms with Crippen molar-refractivity contribution in [3.8, 4) is 28.4 Å². The van der Waals surface area contributed by atoms with Crippen LogP contribution in [0.3, 0.4) is 0 Å². The van der Waals surface area contributed by atoms with Gasteiger partial charge in [0.15, 0.2) is 16.9 Å². The Labute approximate surface area is 239 Å². The quantitative estimate of drug-likeness (QED) is 0.196. The summed E-state index contributed by atoms with van der Waals surface area (Å²) in [6.45, 7) is 1.62. The Morgan fingerprint density at radius 2 is 1.93 bits per heavy atom. The van der Waals surface area contributed by atoms with E-state index in [4.69, 9.17) is 14.2 Å². The molecule has 12 heteroatoms. The van der Waals surface area contributed by atoms with E-state index in [1.807, 2.05) is 19.1 Å². The average molecular weight is 585 g/mol. The minimum atomic E-state index is -1.03. The highest BCUT2D eigenvalue weighted by Gasteiger charge is 2.30. The summed E-state index contributed by atoms with van der Waals surface area (Å²) in [4.78, 5) is 41.9. The number of fused-ring (bicyclic) bond motifs is 3. The van der Waals surface area contributed by atoms with Gasteiger partial charge >= 0.3 is 0 Å². The third-order valence-electron chi connectivity index (χ3n) is 6.75. The van der Waals surface area contributed by atoms with Crippen LogP contribution in [-0.4, -0.2) is 38.1 Å². The second-order valence-electron chi connectivity index (χ2n) is 9.03. The first kappa shape index (κ1) is 29.7. The van der Waals surface area contributed by atoms with Gasteiger partial charge < -0.3 is 24.4 Å². The molecule has 1 atom stereocenters. The molecule has 0 fully saturated rings. The molecule has 41 heavy (non-hydrogen) atoms. The zero-order valence-corrected chi connectivity index (χ0v) is 23.8. The van der Waals surface area contributed by atoms with Crippen LogP contribution in [0, 0.1) is 15.9 Å². The van der Waals surface area contributed by atoms with Gasteiger partial charge in [-0.25, -0.2) is 4.39 Å². The molecule has 1 N–H and O–H groups in total. The molecule has 1 amide bonds. The van der Waals surface area contributed by atoms with Crippen molar-refractivity contribution >= 4 is 17.7 Å². The van der Waals surface area contributed by atoms with E-state index in [1.165, 1.54) is 50.2 Å². The number of nitrogens with one attached hydrogen (secondary N) is 1. The monoisotopic (exact) mass is 584 g/mol. The number of halogens is 1. The molecule has 0 aromatic heterocycles. The van der Waals surface area contributed by atoms with E-state index in [0.717, 1.165) is 5.56 Å². The molecular formula is C29H29FN2O8S. The summed E-state index contributed by atoms with van der Waals surface area (Å²) in [6.07, 6.45) is 2.63. The maximum absolute atomic E-state index is 15.2. The zero-order valence-electron chi connectivity index (χ0n) is 22.9. The van der Waals surface area contributed by atoms with Gasteiger partial charge in [0.05, 0.1) is 37.3 Å². The molecular weight excluding hydrogens is 555 g/mol. The van der Waals surface area contributed by atoms with Crippen LogP contribution in [0.15, 0.2) is 52.2 Å². The summed E-state index contributed by atoms with van der Waals surface area (Å²) in [5, 5.41) is 12.4. The standard InChI is InChI=1S/C29H29FN2O8S/c1-5-39-23-13-16-9-11-21(31-29(34)19-8-6-7-17(26(19)30)15-40-32(35)36)20-14-22(33)24(41-4)12-10-18(20)25(16)28(38-3)27(23)37-2/h6-8,10,12-14,21H,5,9,11,15H2,1-4H3,(H,31,34)/t21-/m0/s1. The molecule has 0 bridgehead atoms. The number of nitrogens with zero attached hydrogens (tertiary/aromatic N) is 1. The third-order valence-corrected chi connectivity index (χ3v) is 7.53. The molecule has 1 aliphatic rings. The molecule has 3 aromatic rings. The van der Waals surface area contributed by atoms with Gasteiger partial charge in [0, 0.05) is 11.1 Å². The Morgan fingerprint density at radius 1 is 1.17 bits per heavy atom. The van der Waals surface area contributed by atoms with Crippen LogP contribution >= 0.6 is 11.8 Å². The van der Waals surface area contributed by atoms with Crippen molar-refractivity contribution in [2.45, 2.75) is 37.3 Å². The Kier molecular flexibility index (Phi) is 9.33. The number of rotatable bonds is 10. The molecule has 4 rings (SSSR count). The van der Waals surface area contributed by atoms with E-state index < -0.39 is 29.5 Å². The topological polar surface area (TPSA) is 126 Å². The summed E-state index contributed by atoms with van der Waals surface area (Å²) < 4.78 is 32.5. The number of hydrogen-bond donors (Lipinski definition) is 1. The van der Waals surface area contributed by atoms with E-state index >= 15 is 4.39 Å². The number of hydrogen-bond acceptors (Lipinski definition) is 9. The first-order valence-corrected chi connectivity index (χ1v) is 13.9. The fraction of sp³-hybridized carbons (Fsp3) is 0.310. The molecule has 0 heterocycles. The lowest BCUT2D eigenvalue weighted by Gasteiger charge is -2.20. The van der Waals surface area contributed by atoms with Gasteiger partial charge in [-0.1, -0.05) is 18.2 Å². The van der Waals surface area contributed by atoms with Gasteiger partial charge in [-0.2, -0.15) is 0 Å². The second-order valence-corrected chi connectivity index (χ2v) is 9.88. The molecule has 10 nitrogen and oxygen atoms in total. The van der Waals surface area contributed by atoms with E-state index in [-0.39, 0.29) is 16.6 Å². The lowest BCUT2D eigenvalue weighted by Crippen LogP contribution is -2.30. The van der Waals surface area contributed by atoms with Crippen LogP contribution in [0.4, 0.5) is 4.39 Å². The molecule has 216 valence electrons. The zero-order chi connectivity index (χ0) is 29.7. The summed E-state index contributed by atoms with van der Waals surface area (Å²) in [5.41, 5.74) is 2.06. The average Bonchev–Trinajstić information content (AvgIpc) is 3.20. The van der Waals surface area contributed by atoms with Gasteiger partial charge in [0.2, 0.25) is 5.75 Å². The highest BCUT2D eigenvalue weighted by atomic mass is 32.2. The van der Waals surface area contributed by atoms with Crippen LogP contribution in [0.25, 0.3) is 11.1 Å². The molecule has 0 unspecified atom stereocenters. The maximum atomic E-state index is 15.2. The lowest BCUT2D eigenvalue weighted by atomic mass is 9.95. The highest BCUT2D eigenvalue weighted by Crippen LogP contribution is 2.50. The van der Waals surface area contributed by atoms with Crippen LogP contribution < -0.4 is 25.0 Å². The largest absolute Gasteiger partial charge is 0.492 e. The Bertz CT molecular complexity index is 1550. The number of carbonyl (C=O) groups excluding carboxylic acids is 1.